The van der Waals surface area contributed by atoms with E-state index >= 15 is 0 Å². The minimum Gasteiger partial charge on any atom is -0.0620 e. The number of benzene rings is 8. The zero-order valence-corrected chi connectivity index (χ0v) is 40.9. The lowest BCUT2D eigenvalue weighted by atomic mass is 10.3. The van der Waals surface area contributed by atoms with Gasteiger partial charge in [0.2, 0.25) is 0 Å². The highest BCUT2D eigenvalue weighted by Gasteiger charge is 2.53. The monoisotopic (exact) mass is 908 g/mol. The van der Waals surface area contributed by atoms with Gasteiger partial charge in [0, 0.05) is 0 Å². The fourth-order valence-corrected chi connectivity index (χ4v) is 31.7. The molecule has 8 aromatic rings. The van der Waals surface area contributed by atoms with Gasteiger partial charge in [0.15, 0.2) is 0 Å². The van der Waals surface area contributed by atoms with Gasteiger partial charge < -0.3 is 0 Å². The Hall–Kier alpha value is -4.52. The summed E-state index contributed by atoms with van der Waals surface area (Å²) < 4.78 is 0. The molecule has 1 aliphatic heterocycles. The summed E-state index contributed by atoms with van der Waals surface area (Å²) >= 11 is 0. The molecule has 0 radical (unpaired) electrons. The average molecular weight is 909 g/mol. The SMILES string of the molecule is c1ccc([P+]2(c3ccccc3)CCCC[P+](c3ccccc3)(c3ccccc3)CC[P+](c3ccccc3)(c3ccccc3)CCCC[P+](c3ccccc3)(c3ccccc3)CC2)cc1. The highest BCUT2D eigenvalue weighted by atomic mass is 31.2. The quantitative estimate of drug-likeness (QED) is 0.133. The highest BCUT2D eigenvalue weighted by molar-refractivity contribution is 7.94. The first-order valence-corrected chi connectivity index (χ1v) is 32.2. The summed E-state index contributed by atoms with van der Waals surface area (Å²) in [4.78, 5) is 0. The van der Waals surface area contributed by atoms with Crippen molar-refractivity contribution in [1.82, 2.24) is 0 Å². The smallest absolute Gasteiger partial charge is 0.0620 e. The number of rotatable bonds is 8. The van der Waals surface area contributed by atoms with Crippen molar-refractivity contribution in [2.24, 2.45) is 0 Å². The van der Waals surface area contributed by atoms with Crippen LogP contribution in [0.5, 0.6) is 0 Å². The van der Waals surface area contributed by atoms with Crippen molar-refractivity contribution in [2.75, 3.05) is 49.3 Å². The Morgan fingerprint density at radius 2 is 0.281 bits per heavy atom. The molecule has 1 aliphatic rings. The molecule has 0 atom stereocenters. The summed E-state index contributed by atoms with van der Waals surface area (Å²) in [5.74, 6) is 0. The molecule has 1 saturated heterocycles. The van der Waals surface area contributed by atoms with Crippen molar-refractivity contribution in [3.8, 4) is 0 Å². The highest BCUT2D eigenvalue weighted by Crippen LogP contribution is 2.67. The zero-order chi connectivity index (χ0) is 43.4. The Kier molecular flexibility index (Phi) is 14.8. The van der Waals surface area contributed by atoms with Crippen LogP contribution in [0.2, 0.25) is 0 Å². The van der Waals surface area contributed by atoms with E-state index in [-0.39, 0.29) is 0 Å². The van der Waals surface area contributed by atoms with Gasteiger partial charge in [-0.2, -0.15) is 0 Å². The van der Waals surface area contributed by atoms with Crippen molar-refractivity contribution in [3.05, 3.63) is 243 Å². The summed E-state index contributed by atoms with van der Waals surface area (Å²) in [6.07, 6.45) is 14.7. The van der Waals surface area contributed by atoms with Gasteiger partial charge in [0.05, 0.1) is 96.1 Å². The molecule has 1 fully saturated rings. The van der Waals surface area contributed by atoms with E-state index in [9.17, 15) is 0 Å². The molecule has 0 bridgehead atoms. The van der Waals surface area contributed by atoms with E-state index in [1.807, 2.05) is 0 Å². The Bertz CT molecular complexity index is 2060. The van der Waals surface area contributed by atoms with Gasteiger partial charge in [-0.25, -0.2) is 0 Å². The maximum Gasteiger partial charge on any atom is 0.103 e. The Morgan fingerprint density at radius 1 is 0.156 bits per heavy atom. The zero-order valence-electron chi connectivity index (χ0n) is 37.4. The Morgan fingerprint density at radius 3 is 0.406 bits per heavy atom. The molecule has 0 unspecified atom stereocenters. The summed E-state index contributed by atoms with van der Waals surface area (Å²) in [6.45, 7) is 0. The van der Waals surface area contributed by atoms with E-state index in [4.69, 9.17) is 0 Å². The molecule has 0 aromatic heterocycles. The normalized spacial score (nSPS) is 17.8. The molecule has 0 aliphatic carbocycles. The lowest BCUT2D eigenvalue weighted by molar-refractivity contribution is 0.887. The molecule has 0 saturated carbocycles. The molecule has 1 heterocycles. The molecule has 8 aromatic carbocycles. The second-order valence-corrected chi connectivity index (χ2v) is 33.2. The van der Waals surface area contributed by atoms with Crippen LogP contribution in [0, 0.1) is 0 Å². The van der Waals surface area contributed by atoms with Crippen molar-refractivity contribution in [1.29, 1.82) is 0 Å². The molecule has 9 rings (SSSR count). The lowest BCUT2D eigenvalue weighted by Crippen LogP contribution is -2.35. The average Bonchev–Trinajstić information content (AvgIpc) is 3.39. The third-order valence-corrected chi connectivity index (χ3v) is 33.7. The van der Waals surface area contributed by atoms with Crippen molar-refractivity contribution in [2.45, 2.75) is 25.7 Å². The molecule has 64 heavy (non-hydrogen) atoms. The maximum absolute atomic E-state index is 2.49. The molecule has 4 heteroatoms. The van der Waals surface area contributed by atoms with Crippen molar-refractivity contribution < 1.29 is 0 Å². The van der Waals surface area contributed by atoms with Gasteiger partial charge in [-0.05, 0) is 123 Å². The number of hydrogen-bond acceptors (Lipinski definition) is 0. The summed E-state index contributed by atoms with van der Waals surface area (Å²) in [6, 6.07) is 94.6. The van der Waals surface area contributed by atoms with Crippen LogP contribution in [0.4, 0.5) is 0 Å². The molecule has 0 amide bonds. The van der Waals surface area contributed by atoms with Crippen LogP contribution in [0.3, 0.4) is 0 Å². The first kappa shape index (κ1) is 44.7. The van der Waals surface area contributed by atoms with Gasteiger partial charge in [-0.3, -0.25) is 0 Å². The van der Waals surface area contributed by atoms with Crippen LogP contribution in [0.15, 0.2) is 243 Å². The fraction of sp³-hybridized carbons (Fsp3) is 0.200. The van der Waals surface area contributed by atoms with Crippen LogP contribution >= 0.6 is 29.0 Å². The fourth-order valence-electron chi connectivity index (χ4n) is 11.0. The minimum atomic E-state index is -1.85. The summed E-state index contributed by atoms with van der Waals surface area (Å²) in [5.41, 5.74) is 0. The maximum atomic E-state index is 2.49. The lowest BCUT2D eigenvalue weighted by Gasteiger charge is -2.34. The first-order valence-electron chi connectivity index (χ1n) is 23.6. The largest absolute Gasteiger partial charge is 0.103 e. The molecular weight excluding hydrogens is 845 g/mol. The van der Waals surface area contributed by atoms with E-state index < -0.39 is 29.0 Å². The third kappa shape index (κ3) is 9.43. The van der Waals surface area contributed by atoms with Gasteiger partial charge in [-0.1, -0.05) is 146 Å². The predicted octanol–water partition coefficient (Wildman–Crippen LogP) is 12.2. The van der Waals surface area contributed by atoms with E-state index in [0.29, 0.717) is 0 Å². The standard InChI is InChI=1S/C60H64P4/c1-9-29-53(30-10-1)61(54-31-11-2-12-32-54)45-25-26-46-63(57-37-17-5-18-38-57,58-39-19-6-20-40-58)51-52-64(59-41-21-7-22-42-59,60-43-23-8-24-44-60)48-28-27-47-62(50-49-61,55-33-13-3-14-34-55)56-35-15-4-16-36-56/h1-24,29-44H,25-28,45-52H2/q+4. The Balaban J connectivity index is 1.23. The summed E-state index contributed by atoms with van der Waals surface area (Å²) in [7, 11) is -7.41. The van der Waals surface area contributed by atoms with E-state index in [1.54, 1.807) is 42.4 Å². The van der Waals surface area contributed by atoms with E-state index in [2.05, 4.69) is 243 Å². The minimum absolute atomic E-state index is 1.22. The van der Waals surface area contributed by atoms with Gasteiger partial charge in [0.1, 0.15) is 24.6 Å². The summed E-state index contributed by atoms with van der Waals surface area (Å²) in [5, 5.41) is 12.6. The molecule has 0 N–H and O–H groups in total. The molecule has 0 nitrogen and oxygen atoms in total. The third-order valence-electron chi connectivity index (χ3n) is 14.4. The second-order valence-electron chi connectivity index (χ2n) is 17.8. The first-order chi connectivity index (χ1) is 31.7. The predicted molar refractivity (Wildman–Crippen MR) is 294 cm³/mol. The molecule has 320 valence electrons. The van der Waals surface area contributed by atoms with Crippen molar-refractivity contribution >= 4 is 71.5 Å². The second kappa shape index (κ2) is 21.2. The van der Waals surface area contributed by atoms with Crippen LogP contribution in [0.25, 0.3) is 0 Å². The van der Waals surface area contributed by atoms with Crippen LogP contribution in [-0.2, 0) is 0 Å². The van der Waals surface area contributed by atoms with E-state index in [1.165, 1.54) is 75.0 Å². The van der Waals surface area contributed by atoms with Crippen LogP contribution < -0.4 is 42.4 Å². The van der Waals surface area contributed by atoms with Gasteiger partial charge in [-0.15, -0.1) is 0 Å². The topological polar surface area (TPSA) is 0 Å². The van der Waals surface area contributed by atoms with Gasteiger partial charge >= 0.3 is 0 Å². The van der Waals surface area contributed by atoms with Crippen LogP contribution in [-0.4, -0.2) is 49.3 Å². The number of hydrogen-bond donors (Lipinski definition) is 0. The van der Waals surface area contributed by atoms with Gasteiger partial charge in [0.25, 0.3) is 0 Å². The molecule has 0 spiro atoms. The Labute approximate surface area is 387 Å². The van der Waals surface area contributed by atoms with Crippen molar-refractivity contribution in [3.63, 3.8) is 0 Å². The molecular formula is C60H64P4+4. The van der Waals surface area contributed by atoms with Crippen LogP contribution in [0.1, 0.15) is 25.7 Å². The van der Waals surface area contributed by atoms with E-state index in [0.717, 1.165) is 0 Å².